The lowest BCUT2D eigenvalue weighted by Crippen LogP contribution is -2.47. The summed E-state index contributed by atoms with van der Waals surface area (Å²) < 4.78 is 0. The molecule has 0 spiro atoms. The van der Waals surface area contributed by atoms with Crippen molar-refractivity contribution in [3.05, 3.63) is 0 Å². The van der Waals surface area contributed by atoms with E-state index in [1.165, 1.54) is 0 Å². The molecule has 0 aromatic rings. The third-order valence-electron chi connectivity index (χ3n) is 2.91. The normalized spacial score (nSPS) is 19.3. The predicted molar refractivity (Wildman–Crippen MR) is 61.4 cm³/mol. The monoisotopic (exact) mass is 224 g/mol. The molecule has 0 radical (unpaired) electrons. The quantitative estimate of drug-likeness (QED) is 0.671. The Morgan fingerprint density at radius 1 is 1.62 bits per heavy atom. The Kier molecular flexibility index (Phi) is 5.23. The first-order chi connectivity index (χ1) is 7.63. The van der Waals surface area contributed by atoms with Crippen molar-refractivity contribution in [2.24, 2.45) is 11.7 Å². The third-order valence-corrected chi connectivity index (χ3v) is 2.91. The average Bonchev–Trinajstić information content (AvgIpc) is 2.28. The minimum Gasteiger partial charge on any atom is -0.369 e. The Bertz CT molecular complexity index is 268. The molecule has 0 aromatic carbocycles. The minimum atomic E-state index is -0.316. The largest absolute Gasteiger partial charge is 0.369 e. The lowest BCUT2D eigenvalue weighted by atomic mass is 10.0. The zero-order chi connectivity index (χ0) is 12.0. The van der Waals surface area contributed by atoms with Crippen molar-refractivity contribution < 1.29 is 4.79 Å². The van der Waals surface area contributed by atoms with Gasteiger partial charge in [0.15, 0.2) is 0 Å². The maximum Gasteiger partial charge on any atom is 0.231 e. The first-order valence-corrected chi connectivity index (χ1v) is 5.76. The summed E-state index contributed by atoms with van der Waals surface area (Å²) >= 11 is 0. The van der Waals surface area contributed by atoms with Gasteiger partial charge < -0.3 is 11.1 Å². The van der Waals surface area contributed by atoms with Crippen molar-refractivity contribution in [3.63, 3.8) is 0 Å². The molecule has 0 aromatic heterocycles. The smallest absolute Gasteiger partial charge is 0.231 e. The molecule has 1 atom stereocenters. The van der Waals surface area contributed by atoms with Crippen LogP contribution in [0.2, 0.25) is 0 Å². The van der Waals surface area contributed by atoms with E-state index in [1.807, 2.05) is 6.92 Å². The molecule has 1 aliphatic heterocycles. The number of piperidine rings is 1. The zero-order valence-electron chi connectivity index (χ0n) is 9.78. The van der Waals surface area contributed by atoms with Gasteiger partial charge in [0.25, 0.3) is 0 Å². The van der Waals surface area contributed by atoms with Crippen LogP contribution in [0, 0.1) is 17.2 Å². The van der Waals surface area contributed by atoms with Crippen LogP contribution >= 0.6 is 0 Å². The van der Waals surface area contributed by atoms with E-state index in [0.717, 1.165) is 25.9 Å². The lowest BCUT2D eigenvalue weighted by Gasteiger charge is -2.34. The van der Waals surface area contributed by atoms with E-state index < -0.39 is 0 Å². The first-order valence-electron chi connectivity index (χ1n) is 5.76. The minimum absolute atomic E-state index is 0.0609. The highest BCUT2D eigenvalue weighted by Gasteiger charge is 2.23. The Labute approximate surface area is 96.6 Å². The fraction of sp³-hybridized carbons (Fsp3) is 0.818. The number of nitrogens with zero attached hydrogens (tertiary/aromatic N) is 2. The van der Waals surface area contributed by atoms with Crippen LogP contribution in [0.4, 0.5) is 0 Å². The van der Waals surface area contributed by atoms with E-state index in [2.05, 4.69) is 16.3 Å². The molecule has 5 nitrogen and oxygen atoms in total. The van der Waals surface area contributed by atoms with Crippen LogP contribution in [0.25, 0.3) is 0 Å². The van der Waals surface area contributed by atoms with Crippen molar-refractivity contribution in [2.75, 3.05) is 26.2 Å². The Morgan fingerprint density at radius 2 is 2.25 bits per heavy atom. The van der Waals surface area contributed by atoms with E-state index in [-0.39, 0.29) is 18.4 Å². The first kappa shape index (κ1) is 12.9. The number of nitrogens with one attached hydrogen (secondary N) is 1. The van der Waals surface area contributed by atoms with Gasteiger partial charge >= 0.3 is 0 Å². The fourth-order valence-corrected chi connectivity index (χ4v) is 2.11. The number of nitrogens with two attached hydrogens (primary N) is 1. The zero-order valence-corrected chi connectivity index (χ0v) is 9.78. The Hall–Kier alpha value is -1.12. The molecule has 1 unspecified atom stereocenters. The molecule has 5 heteroatoms. The van der Waals surface area contributed by atoms with Crippen LogP contribution in [0.3, 0.4) is 0 Å². The molecule has 1 saturated heterocycles. The molecule has 1 aliphatic rings. The summed E-state index contributed by atoms with van der Waals surface area (Å²) in [5.74, 6) is -0.377. The van der Waals surface area contributed by atoms with Crippen molar-refractivity contribution in [1.29, 1.82) is 5.26 Å². The van der Waals surface area contributed by atoms with Crippen LogP contribution in [0.5, 0.6) is 0 Å². The summed E-state index contributed by atoms with van der Waals surface area (Å²) in [4.78, 5) is 13.1. The molecular weight excluding hydrogens is 204 g/mol. The SMILES string of the molecule is CC(C#N)CN(CC(N)=O)C1CCNCC1. The number of rotatable bonds is 5. The van der Waals surface area contributed by atoms with E-state index >= 15 is 0 Å². The van der Waals surface area contributed by atoms with Crippen LogP contribution in [0.1, 0.15) is 19.8 Å². The van der Waals surface area contributed by atoms with E-state index in [1.54, 1.807) is 0 Å². The molecule has 1 rings (SSSR count). The summed E-state index contributed by atoms with van der Waals surface area (Å²) in [6.45, 7) is 4.71. The second-order valence-corrected chi connectivity index (χ2v) is 4.41. The highest BCUT2D eigenvalue weighted by Crippen LogP contribution is 2.13. The van der Waals surface area contributed by atoms with Gasteiger partial charge in [-0.05, 0) is 32.9 Å². The third kappa shape index (κ3) is 4.17. The molecular formula is C11H20N4O. The van der Waals surface area contributed by atoms with Gasteiger partial charge in [0.2, 0.25) is 5.91 Å². The summed E-state index contributed by atoms with van der Waals surface area (Å²) in [7, 11) is 0. The predicted octanol–water partition coefficient (Wildman–Crippen LogP) is -0.315. The molecule has 1 amide bonds. The number of primary amides is 1. The summed E-state index contributed by atoms with van der Waals surface area (Å²) in [6, 6.07) is 2.58. The number of carbonyl (C=O) groups is 1. The summed E-state index contributed by atoms with van der Waals surface area (Å²) in [6.07, 6.45) is 2.04. The van der Waals surface area contributed by atoms with Gasteiger partial charge in [0.05, 0.1) is 18.5 Å². The number of amides is 1. The Balaban J connectivity index is 2.54. The molecule has 0 saturated carbocycles. The van der Waals surface area contributed by atoms with Crippen LogP contribution in [-0.2, 0) is 4.79 Å². The van der Waals surface area contributed by atoms with Crippen LogP contribution in [-0.4, -0.2) is 43.0 Å². The number of carbonyl (C=O) groups excluding carboxylic acids is 1. The highest BCUT2D eigenvalue weighted by molar-refractivity contribution is 5.75. The van der Waals surface area contributed by atoms with Gasteiger partial charge in [-0.25, -0.2) is 0 Å². The summed E-state index contributed by atoms with van der Waals surface area (Å²) in [5.41, 5.74) is 5.24. The van der Waals surface area contributed by atoms with Gasteiger partial charge in [-0.15, -0.1) is 0 Å². The molecule has 0 aliphatic carbocycles. The fourth-order valence-electron chi connectivity index (χ4n) is 2.11. The van der Waals surface area contributed by atoms with Crippen molar-refractivity contribution in [2.45, 2.75) is 25.8 Å². The van der Waals surface area contributed by atoms with Crippen LogP contribution < -0.4 is 11.1 Å². The van der Waals surface area contributed by atoms with Crippen molar-refractivity contribution in [1.82, 2.24) is 10.2 Å². The second-order valence-electron chi connectivity index (χ2n) is 4.41. The van der Waals surface area contributed by atoms with Gasteiger partial charge in [-0.2, -0.15) is 5.26 Å². The second kappa shape index (κ2) is 6.46. The van der Waals surface area contributed by atoms with Gasteiger partial charge in [0, 0.05) is 12.6 Å². The Morgan fingerprint density at radius 3 is 2.75 bits per heavy atom. The van der Waals surface area contributed by atoms with Crippen molar-refractivity contribution in [3.8, 4) is 6.07 Å². The molecule has 16 heavy (non-hydrogen) atoms. The van der Waals surface area contributed by atoms with E-state index in [9.17, 15) is 4.79 Å². The summed E-state index contributed by atoms with van der Waals surface area (Å²) in [5, 5.41) is 12.1. The molecule has 90 valence electrons. The number of hydrogen-bond donors (Lipinski definition) is 2. The molecule has 3 N–H and O–H groups in total. The van der Waals surface area contributed by atoms with Gasteiger partial charge in [-0.3, -0.25) is 9.69 Å². The molecule has 0 bridgehead atoms. The standard InChI is InChI=1S/C11H20N4O/c1-9(6-12)7-15(8-11(13)16)10-2-4-14-5-3-10/h9-10,14H,2-5,7-8H2,1H3,(H2,13,16). The van der Waals surface area contributed by atoms with Crippen LogP contribution in [0.15, 0.2) is 0 Å². The molecule has 1 heterocycles. The lowest BCUT2D eigenvalue weighted by molar-refractivity contribution is -0.119. The van der Waals surface area contributed by atoms with E-state index in [0.29, 0.717) is 12.6 Å². The maximum absolute atomic E-state index is 11.0. The highest BCUT2D eigenvalue weighted by atomic mass is 16.1. The average molecular weight is 224 g/mol. The maximum atomic E-state index is 11.0. The van der Waals surface area contributed by atoms with Gasteiger partial charge in [0.1, 0.15) is 0 Å². The van der Waals surface area contributed by atoms with Crippen molar-refractivity contribution >= 4 is 5.91 Å². The van der Waals surface area contributed by atoms with E-state index in [4.69, 9.17) is 11.0 Å². The topological polar surface area (TPSA) is 82.2 Å². The molecule has 1 fully saturated rings. The number of hydrogen-bond acceptors (Lipinski definition) is 4. The van der Waals surface area contributed by atoms with Gasteiger partial charge in [-0.1, -0.05) is 0 Å². The number of nitriles is 1.